The van der Waals surface area contributed by atoms with Gasteiger partial charge in [-0.3, -0.25) is 25.2 Å². The maximum atomic E-state index is 12.7. The molecule has 2 aromatic carbocycles. The normalized spacial score (nSPS) is 14.9. The van der Waals surface area contributed by atoms with E-state index in [0.717, 1.165) is 0 Å². The largest absolute Gasteiger partial charge is 0.493 e. The van der Waals surface area contributed by atoms with Crippen LogP contribution in [0.25, 0.3) is 0 Å². The summed E-state index contributed by atoms with van der Waals surface area (Å²) in [6.45, 7) is 2.09. The second-order valence-electron chi connectivity index (χ2n) is 11.2. The van der Waals surface area contributed by atoms with Crippen molar-refractivity contribution in [2.24, 2.45) is 0 Å². The summed E-state index contributed by atoms with van der Waals surface area (Å²) in [5.41, 5.74) is 0.164. The molecule has 19 heteroatoms. The van der Waals surface area contributed by atoms with E-state index in [1.54, 1.807) is 4.90 Å². The fourth-order valence-electron chi connectivity index (χ4n) is 5.48. The Labute approximate surface area is 305 Å². The van der Waals surface area contributed by atoms with Crippen molar-refractivity contribution < 1.29 is 72.1 Å². The van der Waals surface area contributed by atoms with E-state index >= 15 is 0 Å². The van der Waals surface area contributed by atoms with Gasteiger partial charge in [-0.25, -0.2) is 19.2 Å². The number of benzene rings is 2. The first-order valence-electron chi connectivity index (χ1n) is 16.1. The van der Waals surface area contributed by atoms with Gasteiger partial charge in [0.2, 0.25) is 11.5 Å². The molecule has 0 saturated carbocycles. The lowest BCUT2D eigenvalue weighted by molar-refractivity contribution is -0.135. The van der Waals surface area contributed by atoms with Crippen molar-refractivity contribution in [3.63, 3.8) is 0 Å². The molecule has 1 atom stereocenters. The van der Waals surface area contributed by atoms with Crippen LogP contribution in [-0.4, -0.2) is 138 Å². The summed E-state index contributed by atoms with van der Waals surface area (Å²) >= 11 is 0. The average molecular weight is 749 g/mol. The zero-order valence-corrected chi connectivity index (χ0v) is 30.2. The fourth-order valence-corrected chi connectivity index (χ4v) is 5.48. The lowest BCUT2D eigenvalue weighted by Gasteiger charge is -2.32. The number of nitrogens with one attached hydrogen (secondary N) is 2. The van der Waals surface area contributed by atoms with Gasteiger partial charge in [0.25, 0.3) is 0 Å². The predicted molar refractivity (Wildman–Crippen MR) is 187 cm³/mol. The molecule has 1 fully saturated rings. The number of rotatable bonds is 17. The molecule has 3 rings (SSSR count). The lowest BCUT2D eigenvalue weighted by Crippen LogP contribution is -2.46. The monoisotopic (exact) mass is 748 g/mol. The van der Waals surface area contributed by atoms with Gasteiger partial charge in [0.1, 0.15) is 13.2 Å². The Morgan fingerprint density at radius 1 is 0.736 bits per heavy atom. The number of ether oxygens (including phenoxy) is 8. The van der Waals surface area contributed by atoms with Crippen LogP contribution >= 0.6 is 0 Å². The summed E-state index contributed by atoms with van der Waals surface area (Å²) in [4.78, 5) is 64.3. The Morgan fingerprint density at radius 3 is 1.66 bits per heavy atom. The minimum Gasteiger partial charge on any atom is -0.493 e. The first-order chi connectivity index (χ1) is 25.3. The highest BCUT2D eigenvalue weighted by atomic mass is 16.6. The summed E-state index contributed by atoms with van der Waals surface area (Å²) in [5.74, 6) is -2.21. The number of carbonyl (C=O) groups excluding carboxylic acids is 3. The zero-order chi connectivity index (χ0) is 39.1. The standard InChI is InChI=1S/C34H44N4O15/c1-20(39)53-31-27(48-4)16-22(17-28(31)49-5)36-33(44)51-12-10-37-8-7-9-38(24(19-37)23(32(42)43)18-29(40)41)11-13-52-34(45)35-21-14-25(46-2)30(50-6)26(15-21)47-3/h14-18,24H,7-13,19H2,1-6H3,(H,35,45)(H,36,44)(H,40,41)(H,42,43)/b23-18+. The highest BCUT2D eigenvalue weighted by molar-refractivity contribution is 5.95. The maximum Gasteiger partial charge on any atom is 0.411 e. The van der Waals surface area contributed by atoms with Crippen molar-refractivity contribution in [1.29, 1.82) is 0 Å². The number of nitrogens with zero attached hydrogens (tertiary/aromatic N) is 2. The first-order valence-corrected chi connectivity index (χ1v) is 16.1. The Kier molecular flexibility index (Phi) is 15.8. The topological polar surface area (TPSA) is 230 Å². The summed E-state index contributed by atoms with van der Waals surface area (Å²) < 4.78 is 42.3. The highest BCUT2D eigenvalue weighted by Gasteiger charge is 2.32. The van der Waals surface area contributed by atoms with Crippen LogP contribution in [0.2, 0.25) is 0 Å². The molecule has 1 heterocycles. The number of anilines is 2. The van der Waals surface area contributed by atoms with Gasteiger partial charge in [0.15, 0.2) is 23.0 Å². The number of aliphatic carboxylic acids is 2. The molecule has 0 radical (unpaired) electrons. The molecule has 2 aromatic rings. The molecule has 0 aliphatic carbocycles. The number of amides is 2. The number of hydrogen-bond donors (Lipinski definition) is 4. The zero-order valence-electron chi connectivity index (χ0n) is 30.2. The molecular weight excluding hydrogens is 704 g/mol. The summed E-state index contributed by atoms with van der Waals surface area (Å²) in [6, 6.07) is 4.95. The SMILES string of the molecule is COc1cc(NC(=O)OCCN2CCCN(CCOC(=O)Nc3cc(OC)c(OC(C)=O)c(OC)c3)CC2/C(=C\C(=O)O)C(=O)O)cc(OC)c1OC. The molecule has 0 bridgehead atoms. The molecule has 290 valence electrons. The Hall–Kier alpha value is -5.95. The third-order valence-corrected chi connectivity index (χ3v) is 7.79. The van der Waals surface area contributed by atoms with E-state index in [4.69, 9.17) is 37.9 Å². The molecule has 19 nitrogen and oxygen atoms in total. The van der Waals surface area contributed by atoms with Crippen molar-refractivity contribution >= 4 is 41.5 Å². The lowest BCUT2D eigenvalue weighted by atomic mass is 10.0. The second kappa shape index (κ2) is 20.2. The van der Waals surface area contributed by atoms with Gasteiger partial charge in [-0.05, 0) is 13.0 Å². The predicted octanol–water partition coefficient (Wildman–Crippen LogP) is 2.92. The number of carboxylic acid groups (broad SMARTS) is 2. The number of carboxylic acids is 2. The molecule has 1 saturated heterocycles. The molecule has 0 aromatic heterocycles. The molecule has 1 aliphatic heterocycles. The third kappa shape index (κ3) is 12.1. The van der Waals surface area contributed by atoms with Gasteiger partial charge < -0.3 is 48.1 Å². The van der Waals surface area contributed by atoms with Crippen LogP contribution in [0, 0.1) is 0 Å². The van der Waals surface area contributed by atoms with E-state index in [1.807, 2.05) is 4.90 Å². The van der Waals surface area contributed by atoms with E-state index in [-0.39, 0.29) is 61.4 Å². The van der Waals surface area contributed by atoms with Crippen molar-refractivity contribution in [2.45, 2.75) is 19.4 Å². The molecule has 1 unspecified atom stereocenters. The third-order valence-electron chi connectivity index (χ3n) is 7.79. The summed E-state index contributed by atoms with van der Waals surface area (Å²) in [7, 11) is 7.01. The number of esters is 1. The maximum absolute atomic E-state index is 12.7. The number of carbonyl (C=O) groups is 5. The van der Waals surface area contributed by atoms with Gasteiger partial charge in [0.05, 0.1) is 58.5 Å². The Morgan fingerprint density at radius 2 is 1.23 bits per heavy atom. The van der Waals surface area contributed by atoms with E-state index in [0.29, 0.717) is 48.5 Å². The van der Waals surface area contributed by atoms with Gasteiger partial charge in [0, 0.05) is 63.4 Å². The van der Waals surface area contributed by atoms with Crippen LogP contribution in [0.15, 0.2) is 35.9 Å². The van der Waals surface area contributed by atoms with Crippen LogP contribution < -0.4 is 39.1 Å². The van der Waals surface area contributed by atoms with Gasteiger partial charge in [-0.2, -0.15) is 0 Å². The van der Waals surface area contributed by atoms with E-state index in [1.165, 1.54) is 66.7 Å². The van der Waals surface area contributed by atoms with Gasteiger partial charge in [-0.15, -0.1) is 0 Å². The molecule has 2 amide bonds. The van der Waals surface area contributed by atoms with E-state index in [9.17, 15) is 34.2 Å². The molecule has 53 heavy (non-hydrogen) atoms. The van der Waals surface area contributed by atoms with Crippen LogP contribution in [0.5, 0.6) is 34.5 Å². The van der Waals surface area contributed by atoms with Crippen LogP contribution in [0.4, 0.5) is 21.0 Å². The average Bonchev–Trinajstić information content (AvgIpc) is 3.31. The first kappa shape index (κ1) is 41.5. The number of hydrogen-bond acceptors (Lipinski definition) is 15. The van der Waals surface area contributed by atoms with Gasteiger partial charge >= 0.3 is 30.1 Å². The molecule has 4 N–H and O–H groups in total. The molecular formula is C34H44N4O15. The Bertz CT molecular complexity index is 1610. The van der Waals surface area contributed by atoms with Crippen LogP contribution in [0.1, 0.15) is 13.3 Å². The quantitative estimate of drug-likeness (QED) is 0.104. The van der Waals surface area contributed by atoms with Crippen LogP contribution in [-0.2, 0) is 23.9 Å². The van der Waals surface area contributed by atoms with Crippen molar-refractivity contribution in [3.05, 3.63) is 35.9 Å². The summed E-state index contributed by atoms with van der Waals surface area (Å²) in [5, 5.41) is 24.6. The van der Waals surface area contributed by atoms with E-state index in [2.05, 4.69) is 10.6 Å². The minimum absolute atomic E-state index is 0.0364. The fraction of sp³-hybridized carbons (Fsp3) is 0.441. The Balaban J connectivity index is 1.65. The molecule has 1 aliphatic rings. The summed E-state index contributed by atoms with van der Waals surface area (Å²) in [6.07, 6.45) is -0.448. The van der Waals surface area contributed by atoms with Crippen molar-refractivity contribution in [2.75, 3.05) is 92.1 Å². The minimum atomic E-state index is -1.44. The van der Waals surface area contributed by atoms with Crippen molar-refractivity contribution in [1.82, 2.24) is 9.80 Å². The smallest absolute Gasteiger partial charge is 0.411 e. The second-order valence-corrected chi connectivity index (χ2v) is 11.2. The van der Waals surface area contributed by atoms with Crippen LogP contribution in [0.3, 0.4) is 0 Å². The number of methoxy groups -OCH3 is 5. The highest BCUT2D eigenvalue weighted by Crippen LogP contribution is 2.41. The van der Waals surface area contributed by atoms with Gasteiger partial charge in [-0.1, -0.05) is 0 Å². The molecule has 0 spiro atoms. The van der Waals surface area contributed by atoms with Crippen molar-refractivity contribution in [3.8, 4) is 34.5 Å². The van der Waals surface area contributed by atoms with E-state index < -0.39 is 36.1 Å².